The molecule has 2 N–H and O–H groups in total. The van der Waals surface area contributed by atoms with Crippen LogP contribution in [0.5, 0.6) is 0 Å². The van der Waals surface area contributed by atoms with Gasteiger partial charge in [0.15, 0.2) is 0 Å². The lowest BCUT2D eigenvalue weighted by atomic mass is 10.0. The molecule has 0 aliphatic carbocycles. The number of carboxylic acids is 1. The molecule has 1 aromatic carbocycles. The minimum Gasteiger partial charge on any atom is -0.478 e. The molecule has 1 saturated heterocycles. The molecular weight excluding hydrogens is 380 g/mol. The van der Waals surface area contributed by atoms with E-state index in [1.807, 2.05) is 0 Å². The van der Waals surface area contributed by atoms with Gasteiger partial charge in [-0.2, -0.15) is 8.78 Å². The van der Waals surface area contributed by atoms with Crippen molar-refractivity contribution in [1.82, 2.24) is 4.90 Å². The molecule has 1 unspecified atom stereocenters. The zero-order valence-electron chi connectivity index (χ0n) is 16.9. The predicted molar refractivity (Wildman–Crippen MR) is 106 cm³/mol. The first kappa shape index (κ1) is 23.0. The van der Waals surface area contributed by atoms with Crippen molar-refractivity contribution in [2.45, 2.75) is 70.4 Å². The number of amides is 1. The number of carbonyl (C=O) groups is 2. The normalized spacial score (nSPS) is 20.2. The lowest BCUT2D eigenvalue weighted by molar-refractivity contribution is -0.148. The molecule has 1 fully saturated rings. The highest BCUT2D eigenvalue weighted by Crippen LogP contribution is 2.36. The Hall–Kier alpha value is -2.28. The maximum Gasteiger partial charge on any atom is 0.335 e. The first-order chi connectivity index (χ1) is 13.7. The number of carboxylic acid groups (broad SMARTS) is 1. The Labute approximate surface area is 170 Å². The standard InChI is InChI=1S/C22H29F2NO4/c1-3-4-5-6-18(26)13-15(2)19-14-22(23,24)21(29)25(19)12-11-16-7-9-17(10-8-16)20(27)28/h7-10,13,18-19,26H,3-6,11-12,14H2,1-2H3,(H,27,28)/b15-13-/t18-,19?/m0/s1. The van der Waals surface area contributed by atoms with Crippen LogP contribution in [0.25, 0.3) is 0 Å². The summed E-state index contributed by atoms with van der Waals surface area (Å²) in [5.74, 6) is -5.65. The second-order valence-corrected chi connectivity index (χ2v) is 7.65. The third kappa shape index (κ3) is 6.10. The Kier molecular flexibility index (Phi) is 7.90. The molecule has 0 aromatic heterocycles. The van der Waals surface area contributed by atoms with Crippen LogP contribution < -0.4 is 0 Å². The number of hydrogen-bond donors (Lipinski definition) is 2. The topological polar surface area (TPSA) is 77.8 Å². The van der Waals surface area contributed by atoms with Gasteiger partial charge in [-0.1, -0.05) is 50.0 Å². The SMILES string of the molecule is CCCCC[C@H](O)/C=C(/C)C1CC(F)(F)C(=O)N1CCc1ccc(C(=O)O)cc1. The van der Waals surface area contributed by atoms with Crippen LogP contribution in [0.3, 0.4) is 0 Å². The fourth-order valence-electron chi connectivity index (χ4n) is 3.62. The molecule has 0 radical (unpaired) electrons. The quantitative estimate of drug-likeness (QED) is 0.451. The number of aromatic carboxylic acids is 1. The first-order valence-electron chi connectivity index (χ1n) is 10.0. The van der Waals surface area contributed by atoms with E-state index in [1.165, 1.54) is 17.0 Å². The number of nitrogens with zero attached hydrogens (tertiary/aromatic N) is 1. The average Bonchev–Trinajstić information content (AvgIpc) is 2.90. The fourth-order valence-corrected chi connectivity index (χ4v) is 3.62. The maximum absolute atomic E-state index is 14.1. The number of halogens is 2. The average molecular weight is 409 g/mol. The lowest BCUT2D eigenvalue weighted by Crippen LogP contribution is -2.38. The Bertz CT molecular complexity index is 746. The van der Waals surface area contributed by atoms with Gasteiger partial charge in [-0.05, 0) is 37.5 Å². The largest absolute Gasteiger partial charge is 0.478 e. The molecule has 1 aliphatic heterocycles. The van der Waals surface area contributed by atoms with Gasteiger partial charge >= 0.3 is 11.9 Å². The van der Waals surface area contributed by atoms with Crippen LogP contribution in [0.15, 0.2) is 35.9 Å². The van der Waals surface area contributed by atoms with Crippen LogP contribution in [0, 0.1) is 0 Å². The molecule has 0 saturated carbocycles. The Morgan fingerprint density at radius 1 is 1.31 bits per heavy atom. The lowest BCUT2D eigenvalue weighted by Gasteiger charge is -2.25. The summed E-state index contributed by atoms with van der Waals surface area (Å²) >= 11 is 0. The van der Waals surface area contributed by atoms with Gasteiger partial charge in [-0.3, -0.25) is 4.79 Å². The highest BCUT2D eigenvalue weighted by molar-refractivity contribution is 5.87. The summed E-state index contributed by atoms with van der Waals surface area (Å²) in [6, 6.07) is 5.40. The number of carbonyl (C=O) groups excluding carboxylic acids is 1. The molecule has 5 nitrogen and oxygen atoms in total. The number of hydrogen-bond acceptors (Lipinski definition) is 3. The van der Waals surface area contributed by atoms with Crippen LogP contribution >= 0.6 is 0 Å². The van der Waals surface area contributed by atoms with Gasteiger partial charge in [0.1, 0.15) is 0 Å². The van der Waals surface area contributed by atoms with E-state index in [0.29, 0.717) is 18.4 Å². The van der Waals surface area contributed by atoms with Gasteiger partial charge in [0.25, 0.3) is 5.91 Å². The molecular formula is C22H29F2NO4. The van der Waals surface area contributed by atoms with Gasteiger partial charge in [-0.25, -0.2) is 4.79 Å². The van der Waals surface area contributed by atoms with E-state index >= 15 is 0 Å². The Morgan fingerprint density at radius 2 is 1.97 bits per heavy atom. The van der Waals surface area contributed by atoms with Crippen molar-refractivity contribution in [3.63, 3.8) is 0 Å². The second-order valence-electron chi connectivity index (χ2n) is 7.65. The van der Waals surface area contributed by atoms with E-state index in [0.717, 1.165) is 24.8 Å². The summed E-state index contributed by atoms with van der Waals surface area (Å²) in [4.78, 5) is 24.3. The highest BCUT2D eigenvalue weighted by Gasteiger charge is 2.53. The van der Waals surface area contributed by atoms with E-state index in [-0.39, 0.29) is 12.1 Å². The molecule has 0 bridgehead atoms. The van der Waals surface area contributed by atoms with Gasteiger partial charge in [0, 0.05) is 13.0 Å². The molecule has 1 heterocycles. The van der Waals surface area contributed by atoms with Crippen molar-refractivity contribution in [3.8, 4) is 0 Å². The summed E-state index contributed by atoms with van der Waals surface area (Å²) in [5, 5.41) is 19.1. The third-order valence-electron chi connectivity index (χ3n) is 5.33. The number of likely N-dealkylation sites (tertiary alicyclic amines) is 1. The zero-order valence-corrected chi connectivity index (χ0v) is 16.9. The Balaban J connectivity index is 2.08. The van der Waals surface area contributed by atoms with Crippen molar-refractivity contribution in [3.05, 3.63) is 47.0 Å². The van der Waals surface area contributed by atoms with E-state index in [4.69, 9.17) is 5.11 Å². The number of benzene rings is 1. The first-order valence-corrected chi connectivity index (χ1v) is 10.0. The number of alkyl halides is 2. The van der Waals surface area contributed by atoms with E-state index in [1.54, 1.807) is 25.1 Å². The smallest absolute Gasteiger partial charge is 0.335 e. The predicted octanol–water partition coefficient (Wildman–Crippen LogP) is 4.05. The van der Waals surface area contributed by atoms with Crippen LogP contribution in [-0.4, -0.2) is 51.6 Å². The summed E-state index contributed by atoms with van der Waals surface area (Å²) < 4.78 is 28.2. The molecule has 29 heavy (non-hydrogen) atoms. The molecule has 1 aromatic rings. The zero-order chi connectivity index (χ0) is 21.6. The molecule has 2 atom stereocenters. The van der Waals surface area contributed by atoms with Crippen LogP contribution in [-0.2, 0) is 11.2 Å². The van der Waals surface area contributed by atoms with Crippen LogP contribution in [0.4, 0.5) is 8.78 Å². The minimum absolute atomic E-state index is 0.0998. The minimum atomic E-state index is -3.42. The second kappa shape index (κ2) is 9.96. The van der Waals surface area contributed by atoms with E-state index < -0.39 is 36.4 Å². The number of aliphatic hydroxyl groups is 1. The van der Waals surface area contributed by atoms with Gasteiger partial charge in [0.2, 0.25) is 0 Å². The molecule has 1 aliphatic rings. The summed E-state index contributed by atoms with van der Waals surface area (Å²) in [6.45, 7) is 3.84. The molecule has 1 amide bonds. The summed E-state index contributed by atoms with van der Waals surface area (Å²) in [7, 11) is 0. The van der Waals surface area contributed by atoms with Crippen molar-refractivity contribution >= 4 is 11.9 Å². The molecule has 160 valence electrons. The number of rotatable bonds is 10. The van der Waals surface area contributed by atoms with E-state index in [2.05, 4.69) is 6.92 Å². The molecule has 2 rings (SSSR count). The molecule has 0 spiro atoms. The van der Waals surface area contributed by atoms with Crippen molar-refractivity contribution < 1.29 is 28.6 Å². The van der Waals surface area contributed by atoms with Crippen LogP contribution in [0.1, 0.15) is 61.9 Å². The van der Waals surface area contributed by atoms with Gasteiger partial charge in [0.05, 0.1) is 17.7 Å². The number of unbranched alkanes of at least 4 members (excludes halogenated alkanes) is 2. The van der Waals surface area contributed by atoms with Crippen molar-refractivity contribution in [1.29, 1.82) is 0 Å². The fraction of sp³-hybridized carbons (Fsp3) is 0.545. The molecule has 7 heteroatoms. The van der Waals surface area contributed by atoms with Crippen molar-refractivity contribution in [2.24, 2.45) is 0 Å². The summed E-state index contributed by atoms with van der Waals surface area (Å²) in [6.07, 6.45) is 4.07. The van der Waals surface area contributed by atoms with Gasteiger partial charge in [-0.15, -0.1) is 0 Å². The highest BCUT2D eigenvalue weighted by atomic mass is 19.3. The van der Waals surface area contributed by atoms with Crippen molar-refractivity contribution in [2.75, 3.05) is 6.54 Å². The third-order valence-corrected chi connectivity index (χ3v) is 5.33. The monoisotopic (exact) mass is 409 g/mol. The van der Waals surface area contributed by atoms with Crippen LogP contribution in [0.2, 0.25) is 0 Å². The van der Waals surface area contributed by atoms with E-state index in [9.17, 15) is 23.5 Å². The Morgan fingerprint density at radius 3 is 2.55 bits per heavy atom. The number of aliphatic hydroxyl groups excluding tert-OH is 1. The van der Waals surface area contributed by atoms with Gasteiger partial charge < -0.3 is 15.1 Å². The maximum atomic E-state index is 14.1. The summed E-state index contributed by atoms with van der Waals surface area (Å²) in [5.41, 5.74) is 1.48.